The van der Waals surface area contributed by atoms with E-state index in [1.807, 2.05) is 35.6 Å². The van der Waals surface area contributed by atoms with Crippen LogP contribution in [0.3, 0.4) is 0 Å². The summed E-state index contributed by atoms with van der Waals surface area (Å²) < 4.78 is 11.5. The molecule has 5 nitrogen and oxygen atoms in total. The molecule has 1 aliphatic heterocycles. The average molecular weight is 749 g/mol. The summed E-state index contributed by atoms with van der Waals surface area (Å²) in [5, 5.41) is 10.8. The second-order valence-electron chi connectivity index (χ2n) is 14.6. The number of hydrogen-bond donors (Lipinski definition) is 1. The highest BCUT2D eigenvalue weighted by Gasteiger charge is 2.24. The summed E-state index contributed by atoms with van der Waals surface area (Å²) >= 11 is 1.82. The Labute approximate surface area is 331 Å². The molecule has 0 amide bonds. The molecule has 1 N–H and O–H groups in total. The van der Waals surface area contributed by atoms with Crippen molar-refractivity contribution < 1.29 is 4.42 Å². The minimum Gasteiger partial charge on any atom is -0.456 e. The monoisotopic (exact) mass is 748 g/mol. The van der Waals surface area contributed by atoms with Gasteiger partial charge in [-0.1, -0.05) is 133 Å². The fourth-order valence-corrected chi connectivity index (χ4v) is 9.92. The molecule has 0 spiro atoms. The van der Waals surface area contributed by atoms with Gasteiger partial charge in [-0.3, -0.25) is 0 Å². The van der Waals surface area contributed by atoms with Crippen LogP contribution < -0.4 is 5.32 Å². The molecule has 57 heavy (non-hydrogen) atoms. The Morgan fingerprint density at radius 2 is 1.18 bits per heavy atom. The van der Waals surface area contributed by atoms with E-state index in [4.69, 9.17) is 14.4 Å². The number of benzene rings is 8. The van der Waals surface area contributed by atoms with E-state index in [0.717, 1.165) is 61.6 Å². The van der Waals surface area contributed by atoms with E-state index in [2.05, 4.69) is 168 Å². The van der Waals surface area contributed by atoms with Crippen LogP contribution >= 0.6 is 11.3 Å². The molecule has 0 fully saturated rings. The van der Waals surface area contributed by atoms with Crippen molar-refractivity contribution in [3.63, 3.8) is 0 Å². The first-order valence-electron chi connectivity index (χ1n) is 19.2. The summed E-state index contributed by atoms with van der Waals surface area (Å²) in [6.07, 6.45) is -0.266. The fourth-order valence-electron chi connectivity index (χ4n) is 8.65. The number of furan rings is 1. The van der Waals surface area contributed by atoms with Gasteiger partial charge in [0.1, 0.15) is 23.2 Å². The first kappa shape index (κ1) is 32.0. The Hall–Kier alpha value is -7.28. The summed E-state index contributed by atoms with van der Waals surface area (Å²) in [4.78, 5) is 10.2. The van der Waals surface area contributed by atoms with Gasteiger partial charge in [0.15, 0.2) is 5.84 Å². The minimum absolute atomic E-state index is 0.266. The molecule has 4 heterocycles. The van der Waals surface area contributed by atoms with Crippen molar-refractivity contribution in [2.24, 2.45) is 9.98 Å². The van der Waals surface area contributed by atoms with E-state index < -0.39 is 0 Å². The lowest BCUT2D eigenvalue weighted by atomic mass is 9.99. The molecule has 1 atom stereocenters. The fraction of sp³-hybridized carbons (Fsp3) is 0.0196. The van der Waals surface area contributed by atoms with Crippen molar-refractivity contribution >= 4 is 86.9 Å². The molecule has 11 aromatic rings. The van der Waals surface area contributed by atoms with Crippen molar-refractivity contribution in [2.45, 2.75) is 6.17 Å². The number of amidine groups is 2. The Kier molecular flexibility index (Phi) is 7.09. The third-order valence-corrected chi connectivity index (χ3v) is 12.5. The van der Waals surface area contributed by atoms with E-state index in [-0.39, 0.29) is 6.17 Å². The third-order valence-electron chi connectivity index (χ3n) is 11.3. The molecule has 6 heteroatoms. The lowest BCUT2D eigenvalue weighted by molar-refractivity contribution is 0.669. The molecule has 1 aliphatic rings. The predicted octanol–water partition coefficient (Wildman–Crippen LogP) is 13.2. The lowest BCUT2D eigenvalue weighted by Gasteiger charge is -2.24. The van der Waals surface area contributed by atoms with Crippen LogP contribution in [0.4, 0.5) is 0 Å². The zero-order valence-electron chi connectivity index (χ0n) is 30.6. The first-order valence-corrected chi connectivity index (χ1v) is 20.0. The smallest absolute Gasteiger partial charge is 0.159 e. The molecule has 12 rings (SSSR count). The number of nitrogens with one attached hydrogen (secondary N) is 1. The van der Waals surface area contributed by atoms with Crippen LogP contribution in [-0.4, -0.2) is 16.2 Å². The van der Waals surface area contributed by atoms with Crippen LogP contribution in [0.1, 0.15) is 22.9 Å². The first-order chi connectivity index (χ1) is 28.2. The molecule has 8 aromatic carbocycles. The maximum Gasteiger partial charge on any atom is 0.159 e. The largest absolute Gasteiger partial charge is 0.456 e. The summed E-state index contributed by atoms with van der Waals surface area (Å²) in [6.45, 7) is 0. The van der Waals surface area contributed by atoms with E-state index in [0.29, 0.717) is 0 Å². The SMILES string of the molecule is c1ccc(C2=NC(c3ccccc3)NC(c3cccc4sc5c(-c6ccc7c(c6)oc6cc(-n8c9ccccc9c9ccccc98)ccc67)cccc5c34)=N2)cc1. The molecule has 0 saturated carbocycles. The van der Waals surface area contributed by atoms with Gasteiger partial charge in [0.25, 0.3) is 0 Å². The molecule has 0 saturated heterocycles. The van der Waals surface area contributed by atoms with Gasteiger partial charge in [-0.2, -0.15) is 0 Å². The quantitative estimate of drug-likeness (QED) is 0.191. The number of hydrogen-bond acceptors (Lipinski definition) is 5. The molecule has 0 radical (unpaired) electrons. The van der Waals surface area contributed by atoms with Crippen molar-refractivity contribution in [3.05, 3.63) is 199 Å². The second-order valence-corrected chi connectivity index (χ2v) is 15.6. The molecule has 268 valence electrons. The second kappa shape index (κ2) is 12.6. The summed E-state index contributed by atoms with van der Waals surface area (Å²) in [5.41, 5.74) is 10.6. The standard InChI is InChI=1S/C51H32N4OS/c1-3-13-31(14-4-1)49-52-50(32-15-5-2-6-16-32)54-51(53-49)41-21-12-24-46-47(41)40-20-11-19-35(48(40)57-46)33-25-27-38-39-28-26-34(30-45(39)56-44(38)29-33)55-42-22-9-7-17-36(42)37-18-8-10-23-43(37)55/h1-30,49H,(H,52,53,54). The molecular weight excluding hydrogens is 717 g/mol. The minimum atomic E-state index is -0.266. The van der Waals surface area contributed by atoms with Crippen molar-refractivity contribution in [1.29, 1.82) is 0 Å². The van der Waals surface area contributed by atoms with Gasteiger partial charge in [-0.05, 0) is 59.2 Å². The van der Waals surface area contributed by atoms with Gasteiger partial charge in [-0.25, -0.2) is 9.98 Å². The molecule has 0 bridgehead atoms. The third kappa shape index (κ3) is 5.08. The topological polar surface area (TPSA) is 54.8 Å². The Balaban J connectivity index is 0.971. The maximum absolute atomic E-state index is 6.69. The Morgan fingerprint density at radius 1 is 0.526 bits per heavy atom. The van der Waals surface area contributed by atoms with Crippen LogP contribution in [0, 0.1) is 0 Å². The number of fused-ring (bicyclic) bond motifs is 9. The predicted molar refractivity (Wildman–Crippen MR) is 238 cm³/mol. The highest BCUT2D eigenvalue weighted by Crippen LogP contribution is 2.43. The number of rotatable bonds is 5. The van der Waals surface area contributed by atoms with E-state index in [9.17, 15) is 0 Å². The van der Waals surface area contributed by atoms with E-state index in [1.54, 1.807) is 0 Å². The van der Waals surface area contributed by atoms with Crippen molar-refractivity contribution in [2.75, 3.05) is 0 Å². The van der Waals surface area contributed by atoms with Crippen LogP contribution in [-0.2, 0) is 0 Å². The molecule has 3 aromatic heterocycles. The average Bonchev–Trinajstić information content (AvgIpc) is 3.96. The van der Waals surface area contributed by atoms with E-state index >= 15 is 0 Å². The highest BCUT2D eigenvalue weighted by atomic mass is 32.1. The van der Waals surface area contributed by atoms with Crippen molar-refractivity contribution in [1.82, 2.24) is 9.88 Å². The van der Waals surface area contributed by atoms with Gasteiger partial charge in [0, 0.05) is 64.6 Å². The van der Waals surface area contributed by atoms with Gasteiger partial charge in [0.2, 0.25) is 0 Å². The van der Waals surface area contributed by atoms with Gasteiger partial charge in [-0.15, -0.1) is 11.3 Å². The normalized spacial score (nSPS) is 14.5. The molecule has 0 aliphatic carbocycles. The highest BCUT2D eigenvalue weighted by molar-refractivity contribution is 7.26. The zero-order valence-corrected chi connectivity index (χ0v) is 31.4. The Bertz CT molecular complexity index is 3390. The van der Waals surface area contributed by atoms with Gasteiger partial charge >= 0.3 is 0 Å². The lowest BCUT2D eigenvalue weighted by Crippen LogP contribution is -2.33. The Morgan fingerprint density at radius 3 is 1.96 bits per heavy atom. The number of aliphatic imine (C=N–C) groups is 2. The summed E-state index contributed by atoms with van der Waals surface area (Å²) in [5.74, 6) is 1.54. The zero-order chi connectivity index (χ0) is 37.5. The van der Waals surface area contributed by atoms with Gasteiger partial charge < -0.3 is 14.3 Å². The van der Waals surface area contributed by atoms with Crippen LogP contribution in [0.5, 0.6) is 0 Å². The maximum atomic E-state index is 6.69. The number of aromatic nitrogens is 1. The van der Waals surface area contributed by atoms with Crippen LogP contribution in [0.25, 0.3) is 80.7 Å². The summed E-state index contributed by atoms with van der Waals surface area (Å²) in [7, 11) is 0. The van der Waals surface area contributed by atoms with Crippen LogP contribution in [0.2, 0.25) is 0 Å². The van der Waals surface area contributed by atoms with Crippen molar-refractivity contribution in [3.8, 4) is 16.8 Å². The number of thiophene rings is 1. The number of para-hydroxylation sites is 2. The van der Waals surface area contributed by atoms with E-state index in [1.165, 1.54) is 47.5 Å². The number of nitrogens with zero attached hydrogens (tertiary/aromatic N) is 3. The van der Waals surface area contributed by atoms with Crippen LogP contribution in [0.15, 0.2) is 196 Å². The molecule has 1 unspecified atom stereocenters. The van der Waals surface area contributed by atoms with Gasteiger partial charge in [0.05, 0.1) is 11.0 Å². The molecular formula is C51H32N4OS. The summed E-state index contributed by atoms with van der Waals surface area (Å²) in [6, 6.07) is 64.2.